The standard InChI is InChI=1S/C22H17ClN4O4/c1-31-18-8-7-13(11-17(18)27(29)30)20(26-19-6-2-3-9-24-19)15-12-16(23)14-5-4-10-25-21(14)22(15)28/h2-12,20,28H,1H3,(H,24,26). The second kappa shape index (κ2) is 8.45. The summed E-state index contributed by atoms with van der Waals surface area (Å²) in [6.07, 6.45) is 3.17. The van der Waals surface area contributed by atoms with E-state index >= 15 is 0 Å². The largest absolute Gasteiger partial charge is 0.505 e. The summed E-state index contributed by atoms with van der Waals surface area (Å²) in [4.78, 5) is 19.6. The van der Waals surface area contributed by atoms with E-state index in [1.807, 2.05) is 0 Å². The Labute approximate surface area is 182 Å². The van der Waals surface area contributed by atoms with E-state index in [0.717, 1.165) is 0 Å². The van der Waals surface area contributed by atoms with Crippen LogP contribution in [0.3, 0.4) is 0 Å². The first kappa shape index (κ1) is 20.4. The monoisotopic (exact) mass is 436 g/mol. The number of pyridine rings is 2. The van der Waals surface area contributed by atoms with Gasteiger partial charge < -0.3 is 15.2 Å². The van der Waals surface area contributed by atoms with Crippen molar-refractivity contribution in [3.63, 3.8) is 0 Å². The highest BCUT2D eigenvalue weighted by molar-refractivity contribution is 6.35. The van der Waals surface area contributed by atoms with Crippen molar-refractivity contribution >= 4 is 34.0 Å². The van der Waals surface area contributed by atoms with Crippen LogP contribution >= 0.6 is 11.6 Å². The molecule has 0 amide bonds. The van der Waals surface area contributed by atoms with Crippen LogP contribution < -0.4 is 10.1 Å². The van der Waals surface area contributed by atoms with Crippen LogP contribution in [0, 0.1) is 10.1 Å². The van der Waals surface area contributed by atoms with Crippen molar-refractivity contribution in [3.8, 4) is 11.5 Å². The highest BCUT2D eigenvalue weighted by Crippen LogP contribution is 2.41. The number of aromatic hydroxyl groups is 1. The molecule has 0 radical (unpaired) electrons. The smallest absolute Gasteiger partial charge is 0.311 e. The predicted molar refractivity (Wildman–Crippen MR) is 118 cm³/mol. The van der Waals surface area contributed by atoms with Crippen LogP contribution in [0.25, 0.3) is 10.9 Å². The van der Waals surface area contributed by atoms with Crippen LogP contribution in [0.5, 0.6) is 11.5 Å². The molecule has 1 atom stereocenters. The van der Waals surface area contributed by atoms with Gasteiger partial charge in [0.25, 0.3) is 0 Å². The van der Waals surface area contributed by atoms with Gasteiger partial charge in [-0.3, -0.25) is 15.1 Å². The summed E-state index contributed by atoms with van der Waals surface area (Å²) in [5.74, 6) is 0.572. The quantitative estimate of drug-likeness (QED) is 0.319. The van der Waals surface area contributed by atoms with E-state index in [1.54, 1.807) is 54.9 Å². The number of fused-ring (bicyclic) bond motifs is 1. The van der Waals surface area contributed by atoms with E-state index in [0.29, 0.717) is 32.9 Å². The van der Waals surface area contributed by atoms with Gasteiger partial charge in [-0.15, -0.1) is 0 Å². The zero-order chi connectivity index (χ0) is 22.0. The zero-order valence-electron chi connectivity index (χ0n) is 16.3. The first-order valence-corrected chi connectivity index (χ1v) is 9.63. The Hall–Kier alpha value is -3.91. The van der Waals surface area contributed by atoms with Gasteiger partial charge >= 0.3 is 5.69 Å². The van der Waals surface area contributed by atoms with Gasteiger partial charge in [-0.25, -0.2) is 4.98 Å². The van der Waals surface area contributed by atoms with Crippen LogP contribution in [-0.4, -0.2) is 27.1 Å². The van der Waals surface area contributed by atoms with Gasteiger partial charge in [0.1, 0.15) is 17.1 Å². The molecule has 4 aromatic rings. The number of halogens is 1. The van der Waals surface area contributed by atoms with Gasteiger partial charge in [0.2, 0.25) is 0 Å². The van der Waals surface area contributed by atoms with Crippen LogP contribution in [0.2, 0.25) is 5.02 Å². The molecule has 8 nitrogen and oxygen atoms in total. The number of rotatable bonds is 6. The summed E-state index contributed by atoms with van der Waals surface area (Å²) in [6, 6.07) is 14.3. The zero-order valence-corrected chi connectivity index (χ0v) is 17.1. The van der Waals surface area contributed by atoms with E-state index < -0.39 is 11.0 Å². The van der Waals surface area contributed by atoms with Crippen molar-refractivity contribution in [1.29, 1.82) is 0 Å². The predicted octanol–water partition coefficient (Wildman–Crippen LogP) is 5.11. The van der Waals surface area contributed by atoms with E-state index in [4.69, 9.17) is 16.3 Å². The second-order valence-corrected chi connectivity index (χ2v) is 7.08. The first-order valence-electron chi connectivity index (χ1n) is 9.25. The molecule has 0 saturated heterocycles. The van der Waals surface area contributed by atoms with E-state index in [-0.39, 0.29) is 17.2 Å². The van der Waals surface area contributed by atoms with Gasteiger partial charge in [0.05, 0.1) is 23.1 Å². The summed E-state index contributed by atoms with van der Waals surface area (Å²) in [5.41, 5.74) is 1.05. The lowest BCUT2D eigenvalue weighted by atomic mass is 9.95. The Morgan fingerprint density at radius 1 is 1.13 bits per heavy atom. The Bertz CT molecular complexity index is 1270. The average Bonchev–Trinajstić information content (AvgIpc) is 2.80. The minimum atomic E-state index is -0.705. The lowest BCUT2D eigenvalue weighted by Crippen LogP contribution is -2.14. The van der Waals surface area contributed by atoms with E-state index in [1.165, 1.54) is 19.2 Å². The lowest BCUT2D eigenvalue weighted by Gasteiger charge is -2.22. The maximum Gasteiger partial charge on any atom is 0.311 e. The third-order valence-electron chi connectivity index (χ3n) is 4.85. The summed E-state index contributed by atoms with van der Waals surface area (Å²) in [7, 11) is 1.37. The van der Waals surface area contributed by atoms with Crippen molar-refractivity contribution in [2.45, 2.75) is 6.04 Å². The molecule has 4 rings (SSSR count). The van der Waals surface area contributed by atoms with Gasteiger partial charge in [0.15, 0.2) is 5.75 Å². The normalized spacial score (nSPS) is 11.8. The molecule has 2 heterocycles. The van der Waals surface area contributed by atoms with Crippen molar-refractivity contribution in [1.82, 2.24) is 9.97 Å². The van der Waals surface area contributed by atoms with E-state index in [9.17, 15) is 15.2 Å². The first-order chi connectivity index (χ1) is 15.0. The Balaban J connectivity index is 1.93. The van der Waals surface area contributed by atoms with Crippen LogP contribution in [0.1, 0.15) is 17.2 Å². The number of aromatic nitrogens is 2. The maximum atomic E-state index is 11.6. The molecular formula is C22H17ClN4O4. The number of nitro groups is 1. The van der Waals surface area contributed by atoms with Gasteiger partial charge in [-0.05, 0) is 42.0 Å². The van der Waals surface area contributed by atoms with Crippen LogP contribution in [-0.2, 0) is 0 Å². The number of nitrogens with one attached hydrogen (secondary N) is 1. The Kier molecular flexibility index (Phi) is 5.55. The van der Waals surface area contributed by atoms with Gasteiger partial charge in [0, 0.05) is 29.4 Å². The number of phenolic OH excluding ortho intramolecular Hbond substituents is 1. The summed E-state index contributed by atoms with van der Waals surface area (Å²) < 4.78 is 5.11. The fourth-order valence-corrected chi connectivity index (χ4v) is 3.66. The molecule has 0 fully saturated rings. The van der Waals surface area contributed by atoms with Gasteiger partial charge in [-0.2, -0.15) is 0 Å². The molecule has 0 spiro atoms. The van der Waals surface area contributed by atoms with E-state index in [2.05, 4.69) is 15.3 Å². The number of nitro benzene ring substituents is 1. The van der Waals surface area contributed by atoms with Crippen molar-refractivity contribution in [2.24, 2.45) is 0 Å². The molecule has 2 aromatic heterocycles. The third kappa shape index (κ3) is 3.93. The Morgan fingerprint density at radius 3 is 2.65 bits per heavy atom. The maximum absolute atomic E-state index is 11.6. The molecule has 0 saturated carbocycles. The highest BCUT2D eigenvalue weighted by Gasteiger charge is 2.25. The fraction of sp³-hybridized carbons (Fsp3) is 0.0909. The molecule has 1 unspecified atom stereocenters. The second-order valence-electron chi connectivity index (χ2n) is 6.68. The molecule has 0 aliphatic heterocycles. The molecule has 0 aliphatic carbocycles. The lowest BCUT2D eigenvalue weighted by molar-refractivity contribution is -0.385. The number of benzene rings is 2. The minimum Gasteiger partial charge on any atom is -0.505 e. The number of nitrogens with zero attached hydrogens (tertiary/aromatic N) is 3. The molecule has 9 heteroatoms. The topological polar surface area (TPSA) is 110 Å². The number of hydrogen-bond acceptors (Lipinski definition) is 7. The fourth-order valence-electron chi connectivity index (χ4n) is 3.39. The van der Waals surface area contributed by atoms with Crippen molar-refractivity contribution in [2.75, 3.05) is 12.4 Å². The number of anilines is 1. The molecule has 2 aromatic carbocycles. The summed E-state index contributed by atoms with van der Waals surface area (Å²) in [6.45, 7) is 0. The third-order valence-corrected chi connectivity index (χ3v) is 5.16. The molecule has 0 bridgehead atoms. The number of hydrogen-bond donors (Lipinski definition) is 2. The Morgan fingerprint density at radius 2 is 1.94 bits per heavy atom. The SMILES string of the molecule is COc1ccc(C(Nc2ccccn2)c2cc(Cl)c3cccnc3c2O)cc1[N+](=O)[O-]. The molecule has 156 valence electrons. The van der Waals surface area contributed by atoms with Crippen LogP contribution in [0.4, 0.5) is 11.5 Å². The summed E-state index contributed by atoms with van der Waals surface area (Å²) >= 11 is 6.48. The minimum absolute atomic E-state index is 0.0769. The number of phenols is 1. The molecule has 0 aliphatic rings. The molecule has 2 N–H and O–H groups in total. The van der Waals surface area contributed by atoms with Crippen LogP contribution in [0.15, 0.2) is 67.0 Å². The summed E-state index contributed by atoms with van der Waals surface area (Å²) in [5, 5.41) is 26.8. The van der Waals surface area contributed by atoms with Gasteiger partial charge in [-0.1, -0.05) is 23.7 Å². The van der Waals surface area contributed by atoms with Crippen molar-refractivity contribution in [3.05, 3.63) is 93.3 Å². The average molecular weight is 437 g/mol. The number of methoxy groups -OCH3 is 1. The highest BCUT2D eigenvalue weighted by atomic mass is 35.5. The number of ether oxygens (including phenoxy) is 1. The van der Waals surface area contributed by atoms with Crippen molar-refractivity contribution < 1.29 is 14.8 Å². The molecular weight excluding hydrogens is 420 g/mol. The molecule has 31 heavy (non-hydrogen) atoms.